The Labute approximate surface area is 252 Å². The Hall–Kier alpha value is -1.14. The van der Waals surface area contributed by atoms with Crippen molar-refractivity contribution >= 4 is 9.05 Å². The van der Waals surface area contributed by atoms with Crippen LogP contribution in [0.1, 0.15) is 83.1 Å². The van der Waals surface area contributed by atoms with Gasteiger partial charge in [-0.15, -0.1) is 0 Å². The van der Waals surface area contributed by atoms with Gasteiger partial charge >= 0.3 is 9.05 Å². The molecule has 0 N–H and O–H groups in total. The van der Waals surface area contributed by atoms with Crippen molar-refractivity contribution in [1.29, 1.82) is 0 Å². The van der Waals surface area contributed by atoms with E-state index in [1.807, 2.05) is 132 Å². The quantitative estimate of drug-likeness (QED) is 0.110. The Kier molecular flexibility index (Phi) is 19.4. The average Bonchev–Trinajstić information content (AvgIpc) is 2.80. The average molecular weight is 601 g/mol. The van der Waals surface area contributed by atoms with E-state index >= 15 is 0 Å². The van der Waals surface area contributed by atoms with E-state index in [-0.39, 0.29) is 48.8 Å². The summed E-state index contributed by atoms with van der Waals surface area (Å²) in [6.07, 6.45) is 15.2. The molecule has 9 heteroatoms. The summed E-state index contributed by atoms with van der Waals surface area (Å²) in [5.41, 5.74) is -0.857. The summed E-state index contributed by atoms with van der Waals surface area (Å²) in [4.78, 5) is 0. The fourth-order valence-electron chi connectivity index (χ4n) is 2.59. The second kappa shape index (κ2) is 19.9. The lowest BCUT2D eigenvalue weighted by atomic mass is 10.2. The summed E-state index contributed by atoms with van der Waals surface area (Å²) < 4.78 is 47.7. The van der Waals surface area contributed by atoms with Crippen molar-refractivity contribution in [3.8, 4) is 0 Å². The Morgan fingerprint density at radius 2 is 0.488 bits per heavy atom. The van der Waals surface area contributed by atoms with Crippen LogP contribution in [0, 0.1) is 0 Å². The third-order valence-electron chi connectivity index (χ3n) is 4.54. The van der Waals surface area contributed by atoms with Crippen LogP contribution in [-0.2, 0) is 36.7 Å². The molecule has 0 aliphatic carbocycles. The molecular weight excluding hydrogens is 540 g/mol. The van der Waals surface area contributed by atoms with Gasteiger partial charge in [-0.3, -0.25) is 0 Å². The van der Waals surface area contributed by atoms with Crippen molar-refractivity contribution in [3.63, 3.8) is 0 Å². The SMILES string of the molecule is CC(C)(C)OCC=CCO[Si](OCC=CCOC(C)(C)C)(OCC=CCOC(C)(C)C)OCC=CCOC(C)(C)C. The minimum absolute atomic E-state index is 0.214. The van der Waals surface area contributed by atoms with Crippen molar-refractivity contribution in [2.24, 2.45) is 0 Å². The zero-order valence-corrected chi connectivity index (χ0v) is 29.0. The van der Waals surface area contributed by atoms with Gasteiger partial charge in [0.15, 0.2) is 0 Å². The van der Waals surface area contributed by atoms with Gasteiger partial charge in [0.1, 0.15) is 0 Å². The highest BCUT2D eigenvalue weighted by atomic mass is 28.4. The second-order valence-electron chi connectivity index (χ2n) is 13.3. The van der Waals surface area contributed by atoms with Gasteiger partial charge in [0.05, 0.1) is 75.3 Å². The molecule has 240 valence electrons. The molecule has 0 rings (SSSR count). The van der Waals surface area contributed by atoms with E-state index in [9.17, 15) is 0 Å². The molecule has 0 aromatic rings. The Morgan fingerprint density at radius 1 is 0.317 bits per heavy atom. The highest BCUT2D eigenvalue weighted by Gasteiger charge is 2.45. The van der Waals surface area contributed by atoms with Crippen LogP contribution >= 0.6 is 0 Å². The summed E-state index contributed by atoms with van der Waals surface area (Å²) in [6.45, 7) is 27.2. The first-order valence-corrected chi connectivity index (χ1v) is 16.2. The van der Waals surface area contributed by atoms with Gasteiger partial charge in [0.2, 0.25) is 0 Å². The van der Waals surface area contributed by atoms with E-state index in [0.717, 1.165) is 0 Å². The number of ether oxygens (including phenoxy) is 4. The summed E-state index contributed by atoms with van der Waals surface area (Å²) in [7, 11) is -3.55. The van der Waals surface area contributed by atoms with Crippen LogP contribution in [0.2, 0.25) is 0 Å². The fourth-order valence-corrected chi connectivity index (χ4v) is 4.29. The standard InChI is InChI=1S/C32H60O8Si/c1-29(2,3)33-21-13-17-25-37-41(38-26-18-14-22-34-30(4,5)6,39-27-19-15-23-35-31(7,8)9)40-28-20-16-24-36-32(10,11)12/h13-20H,21-28H2,1-12H3. The molecule has 0 aliphatic heterocycles. The van der Waals surface area contributed by atoms with E-state index < -0.39 is 9.05 Å². The number of hydrogen-bond donors (Lipinski definition) is 0. The summed E-state index contributed by atoms with van der Waals surface area (Å²) in [5.74, 6) is 0. The minimum atomic E-state index is -3.55. The molecular formula is C32H60O8Si. The van der Waals surface area contributed by atoms with Crippen LogP contribution in [0.5, 0.6) is 0 Å². The molecule has 0 saturated carbocycles. The number of hydrogen-bond acceptors (Lipinski definition) is 8. The van der Waals surface area contributed by atoms with Crippen LogP contribution in [0.3, 0.4) is 0 Å². The highest BCUT2D eigenvalue weighted by molar-refractivity contribution is 6.53. The molecule has 0 aromatic carbocycles. The normalized spacial score (nSPS) is 15.7. The topological polar surface area (TPSA) is 73.8 Å². The Bertz CT molecular complexity index is 644. The third kappa shape index (κ3) is 28.7. The molecule has 0 heterocycles. The lowest BCUT2D eigenvalue weighted by Gasteiger charge is -2.26. The maximum atomic E-state index is 6.18. The van der Waals surface area contributed by atoms with Gasteiger partial charge < -0.3 is 36.7 Å². The van der Waals surface area contributed by atoms with Crippen molar-refractivity contribution in [1.82, 2.24) is 0 Å². The maximum Gasteiger partial charge on any atom is 0.680 e. The van der Waals surface area contributed by atoms with Gasteiger partial charge in [-0.25, -0.2) is 0 Å². The van der Waals surface area contributed by atoms with E-state index in [4.69, 9.17) is 36.7 Å². The molecule has 0 atom stereocenters. The summed E-state index contributed by atoms with van der Waals surface area (Å²) in [5, 5.41) is 0. The van der Waals surface area contributed by atoms with Crippen molar-refractivity contribution in [3.05, 3.63) is 48.6 Å². The van der Waals surface area contributed by atoms with Gasteiger partial charge in [-0.1, -0.05) is 48.6 Å². The minimum Gasteiger partial charge on any atom is -0.372 e. The lowest BCUT2D eigenvalue weighted by Crippen LogP contribution is -2.49. The van der Waals surface area contributed by atoms with E-state index in [2.05, 4.69) is 0 Å². The van der Waals surface area contributed by atoms with Crippen molar-refractivity contribution in [2.75, 3.05) is 52.9 Å². The molecule has 41 heavy (non-hydrogen) atoms. The summed E-state index contributed by atoms with van der Waals surface area (Å²) >= 11 is 0. The lowest BCUT2D eigenvalue weighted by molar-refractivity contribution is -0.0137. The molecule has 0 spiro atoms. The predicted molar refractivity (Wildman–Crippen MR) is 169 cm³/mol. The Morgan fingerprint density at radius 3 is 0.659 bits per heavy atom. The molecule has 0 unspecified atom stereocenters. The monoisotopic (exact) mass is 600 g/mol. The van der Waals surface area contributed by atoms with Crippen LogP contribution in [0.15, 0.2) is 48.6 Å². The van der Waals surface area contributed by atoms with Crippen molar-refractivity contribution < 1.29 is 36.7 Å². The first kappa shape index (κ1) is 39.9. The van der Waals surface area contributed by atoms with Crippen molar-refractivity contribution in [2.45, 2.75) is 105 Å². The fraction of sp³-hybridized carbons (Fsp3) is 0.750. The molecule has 0 aliphatic rings. The molecule has 0 amide bonds. The molecule has 0 aromatic heterocycles. The second-order valence-corrected chi connectivity index (χ2v) is 15.5. The maximum absolute atomic E-state index is 6.18. The first-order valence-electron chi connectivity index (χ1n) is 14.5. The number of rotatable bonds is 20. The van der Waals surface area contributed by atoms with Crippen LogP contribution in [0.4, 0.5) is 0 Å². The zero-order valence-electron chi connectivity index (χ0n) is 28.0. The molecule has 0 saturated heterocycles. The van der Waals surface area contributed by atoms with E-state index in [0.29, 0.717) is 26.4 Å². The zero-order chi connectivity index (χ0) is 31.5. The molecule has 0 bridgehead atoms. The molecule has 0 fully saturated rings. The van der Waals surface area contributed by atoms with Crippen LogP contribution < -0.4 is 0 Å². The predicted octanol–water partition coefficient (Wildman–Crippen LogP) is 6.97. The van der Waals surface area contributed by atoms with Gasteiger partial charge in [-0.05, 0) is 83.1 Å². The summed E-state index contributed by atoms with van der Waals surface area (Å²) in [6, 6.07) is 0. The van der Waals surface area contributed by atoms with E-state index in [1.165, 1.54) is 0 Å². The molecule has 0 radical (unpaired) electrons. The molecule has 8 nitrogen and oxygen atoms in total. The van der Waals surface area contributed by atoms with Crippen LogP contribution in [0.25, 0.3) is 0 Å². The van der Waals surface area contributed by atoms with Crippen LogP contribution in [-0.4, -0.2) is 84.3 Å². The third-order valence-corrected chi connectivity index (χ3v) is 6.62. The first-order chi connectivity index (χ1) is 18.8. The highest BCUT2D eigenvalue weighted by Crippen LogP contribution is 2.15. The van der Waals surface area contributed by atoms with Gasteiger partial charge in [-0.2, -0.15) is 0 Å². The van der Waals surface area contributed by atoms with Gasteiger partial charge in [0, 0.05) is 0 Å². The van der Waals surface area contributed by atoms with E-state index in [1.54, 1.807) is 0 Å². The smallest absolute Gasteiger partial charge is 0.372 e. The van der Waals surface area contributed by atoms with Gasteiger partial charge in [0.25, 0.3) is 0 Å². The largest absolute Gasteiger partial charge is 0.680 e. The Balaban J connectivity index is 5.46.